The zero-order valence-electron chi connectivity index (χ0n) is 16.5. The first-order valence-electron chi connectivity index (χ1n) is 9.68. The Morgan fingerprint density at radius 3 is 2.87 bits per heavy atom. The number of hydrogen-bond acceptors (Lipinski definition) is 4. The van der Waals surface area contributed by atoms with Gasteiger partial charge in [0, 0.05) is 35.9 Å². The molecule has 2 unspecified atom stereocenters. The zero-order valence-corrected chi connectivity index (χ0v) is 16.5. The molecule has 1 aromatic carbocycles. The molecule has 3 aliphatic rings. The van der Waals surface area contributed by atoms with E-state index in [0.717, 1.165) is 11.1 Å². The van der Waals surface area contributed by atoms with Gasteiger partial charge in [-0.2, -0.15) is 5.26 Å². The smallest absolute Gasteiger partial charge is 0.246 e. The maximum atomic E-state index is 15.4. The largest absolute Gasteiger partial charge is 0.380 e. The monoisotopic (exact) mass is 404 g/mol. The molecule has 4 rings (SSSR count). The van der Waals surface area contributed by atoms with Crippen LogP contribution in [-0.2, 0) is 22.6 Å². The number of nitriles is 1. The molecule has 1 aromatic rings. The van der Waals surface area contributed by atoms with Crippen LogP contribution in [-0.4, -0.2) is 29.3 Å². The molecule has 2 aliphatic heterocycles. The van der Waals surface area contributed by atoms with Crippen molar-refractivity contribution in [3.63, 3.8) is 0 Å². The molecule has 2 heterocycles. The van der Waals surface area contributed by atoms with Gasteiger partial charge in [0.25, 0.3) is 0 Å². The number of carbonyl (C=O) groups is 2. The first kappa shape index (κ1) is 19.6. The van der Waals surface area contributed by atoms with Crippen LogP contribution in [0.2, 0.25) is 0 Å². The molecule has 0 saturated heterocycles. The molecule has 6 nitrogen and oxygen atoms in total. The molecule has 0 aromatic heterocycles. The lowest BCUT2D eigenvalue weighted by molar-refractivity contribution is -0.126. The van der Waals surface area contributed by atoms with E-state index in [1.807, 2.05) is 18.2 Å². The molecule has 1 aliphatic carbocycles. The summed E-state index contributed by atoms with van der Waals surface area (Å²) >= 11 is 0. The SMILES string of the molecule is C=CC(=O)N1CCc2c(cccc2C2=C(F)C=C(C(N)=O)C3NC(C)=C(C#N)C23)C1. The Balaban J connectivity index is 1.87. The summed E-state index contributed by atoms with van der Waals surface area (Å²) in [5.41, 5.74) is 9.58. The summed E-state index contributed by atoms with van der Waals surface area (Å²) < 4.78 is 15.4. The van der Waals surface area contributed by atoms with Gasteiger partial charge in [0.05, 0.1) is 17.7 Å². The summed E-state index contributed by atoms with van der Waals surface area (Å²) in [5.74, 6) is -2.06. The Morgan fingerprint density at radius 2 is 2.20 bits per heavy atom. The molecule has 2 atom stereocenters. The van der Waals surface area contributed by atoms with Crippen molar-refractivity contribution in [1.29, 1.82) is 5.26 Å². The highest BCUT2D eigenvalue weighted by Gasteiger charge is 2.44. The molecule has 3 N–H and O–H groups in total. The number of carbonyl (C=O) groups excluding carboxylic acids is 2. The number of amides is 2. The van der Waals surface area contributed by atoms with Gasteiger partial charge >= 0.3 is 0 Å². The molecular formula is C23H21FN4O2. The zero-order chi connectivity index (χ0) is 21.6. The van der Waals surface area contributed by atoms with Crippen molar-refractivity contribution in [2.24, 2.45) is 11.7 Å². The number of fused-ring (bicyclic) bond motifs is 2. The number of nitrogens with two attached hydrogens (primary N) is 1. The summed E-state index contributed by atoms with van der Waals surface area (Å²) in [6.07, 6.45) is 3.02. The van der Waals surface area contributed by atoms with E-state index in [-0.39, 0.29) is 11.5 Å². The van der Waals surface area contributed by atoms with Gasteiger partial charge in [-0.3, -0.25) is 9.59 Å². The number of nitrogens with zero attached hydrogens (tertiary/aromatic N) is 2. The third kappa shape index (κ3) is 2.92. The highest BCUT2D eigenvalue weighted by molar-refractivity contribution is 5.97. The van der Waals surface area contributed by atoms with Gasteiger partial charge in [-0.15, -0.1) is 0 Å². The number of primary amides is 1. The minimum absolute atomic E-state index is 0.124. The van der Waals surface area contributed by atoms with E-state index in [1.54, 1.807) is 11.8 Å². The molecular weight excluding hydrogens is 383 g/mol. The van der Waals surface area contributed by atoms with Gasteiger partial charge in [-0.25, -0.2) is 4.39 Å². The second-order valence-corrected chi connectivity index (χ2v) is 7.63. The second-order valence-electron chi connectivity index (χ2n) is 7.63. The maximum Gasteiger partial charge on any atom is 0.246 e. The molecule has 152 valence electrons. The molecule has 7 heteroatoms. The molecule has 0 bridgehead atoms. The van der Waals surface area contributed by atoms with Crippen LogP contribution >= 0.6 is 0 Å². The Bertz CT molecular complexity index is 1120. The fourth-order valence-electron chi connectivity index (χ4n) is 4.67. The van der Waals surface area contributed by atoms with Crippen LogP contribution < -0.4 is 11.1 Å². The number of halogens is 1. The van der Waals surface area contributed by atoms with E-state index in [0.29, 0.717) is 41.9 Å². The lowest BCUT2D eigenvalue weighted by atomic mass is 9.74. The van der Waals surface area contributed by atoms with Crippen LogP contribution in [0.1, 0.15) is 23.6 Å². The van der Waals surface area contributed by atoms with Crippen molar-refractivity contribution in [3.8, 4) is 6.07 Å². The Labute approximate surface area is 173 Å². The average molecular weight is 404 g/mol. The van der Waals surface area contributed by atoms with Crippen LogP contribution in [0.3, 0.4) is 0 Å². The Morgan fingerprint density at radius 1 is 1.43 bits per heavy atom. The third-order valence-electron chi connectivity index (χ3n) is 6.05. The van der Waals surface area contributed by atoms with Gasteiger partial charge in [0.2, 0.25) is 11.8 Å². The maximum absolute atomic E-state index is 15.4. The summed E-state index contributed by atoms with van der Waals surface area (Å²) in [4.78, 5) is 25.6. The normalized spacial score (nSPS) is 22.6. The first-order valence-corrected chi connectivity index (χ1v) is 9.68. The topological polar surface area (TPSA) is 99.2 Å². The summed E-state index contributed by atoms with van der Waals surface area (Å²) in [6, 6.07) is 7.18. The average Bonchev–Trinajstić information content (AvgIpc) is 3.07. The van der Waals surface area contributed by atoms with Crippen LogP contribution in [0.25, 0.3) is 5.57 Å². The summed E-state index contributed by atoms with van der Waals surface area (Å²) in [5, 5.41) is 12.9. The quantitative estimate of drug-likeness (QED) is 0.755. The molecule has 0 radical (unpaired) electrons. The van der Waals surface area contributed by atoms with Crippen molar-refractivity contribution >= 4 is 17.4 Å². The van der Waals surface area contributed by atoms with Crippen molar-refractivity contribution < 1.29 is 14.0 Å². The second kappa shape index (κ2) is 7.30. The molecule has 30 heavy (non-hydrogen) atoms. The van der Waals surface area contributed by atoms with Gasteiger partial charge < -0.3 is 16.0 Å². The van der Waals surface area contributed by atoms with E-state index < -0.39 is 23.7 Å². The van der Waals surface area contributed by atoms with Gasteiger partial charge in [0.1, 0.15) is 5.83 Å². The first-order chi connectivity index (χ1) is 14.4. The minimum Gasteiger partial charge on any atom is -0.380 e. The van der Waals surface area contributed by atoms with E-state index in [2.05, 4.69) is 18.0 Å². The number of benzene rings is 1. The predicted molar refractivity (Wildman–Crippen MR) is 110 cm³/mol. The fraction of sp³-hybridized carbons (Fsp3) is 0.261. The predicted octanol–water partition coefficient (Wildman–Crippen LogP) is 2.25. The number of allylic oxidation sites excluding steroid dienone is 3. The van der Waals surface area contributed by atoms with E-state index in [9.17, 15) is 14.9 Å². The Hall–Kier alpha value is -3.66. The molecule has 0 fully saturated rings. The minimum atomic E-state index is -0.715. The highest BCUT2D eigenvalue weighted by atomic mass is 19.1. The summed E-state index contributed by atoms with van der Waals surface area (Å²) in [6.45, 7) is 6.19. The number of nitrogens with one attached hydrogen (secondary N) is 1. The molecule has 0 spiro atoms. The third-order valence-corrected chi connectivity index (χ3v) is 6.05. The van der Waals surface area contributed by atoms with E-state index in [4.69, 9.17) is 5.73 Å². The van der Waals surface area contributed by atoms with Crippen molar-refractivity contribution in [3.05, 3.63) is 76.3 Å². The highest BCUT2D eigenvalue weighted by Crippen LogP contribution is 2.46. The standard InChI is InChI=1S/C23H21FN4O2/c1-3-19(29)28-8-7-14-13(11-28)5-4-6-15(14)20-18(24)9-16(23(26)30)22-21(20)17(10-25)12(2)27-22/h3-6,9,21-22,27H,1,7-8,11H2,2H3,(H2,26,30). The van der Waals surface area contributed by atoms with Gasteiger partial charge in [-0.05, 0) is 42.2 Å². The van der Waals surface area contributed by atoms with Gasteiger partial charge in [0.15, 0.2) is 0 Å². The molecule has 2 amide bonds. The lowest BCUT2D eigenvalue weighted by Crippen LogP contribution is -2.39. The number of rotatable bonds is 3. The van der Waals surface area contributed by atoms with E-state index in [1.165, 1.54) is 12.2 Å². The van der Waals surface area contributed by atoms with Crippen molar-refractivity contribution in [1.82, 2.24) is 10.2 Å². The van der Waals surface area contributed by atoms with Crippen molar-refractivity contribution in [2.75, 3.05) is 6.54 Å². The Kier molecular flexibility index (Phi) is 4.78. The van der Waals surface area contributed by atoms with Crippen LogP contribution in [0.5, 0.6) is 0 Å². The molecule has 0 saturated carbocycles. The summed E-state index contributed by atoms with van der Waals surface area (Å²) in [7, 11) is 0. The lowest BCUT2D eigenvalue weighted by Gasteiger charge is -2.33. The number of hydrogen-bond donors (Lipinski definition) is 2. The van der Waals surface area contributed by atoms with E-state index >= 15 is 4.39 Å². The van der Waals surface area contributed by atoms with Gasteiger partial charge in [-0.1, -0.05) is 24.8 Å². The van der Waals surface area contributed by atoms with Crippen LogP contribution in [0.4, 0.5) is 4.39 Å². The van der Waals surface area contributed by atoms with Crippen LogP contribution in [0.15, 0.2) is 59.6 Å². The fourth-order valence-corrected chi connectivity index (χ4v) is 4.67. The van der Waals surface area contributed by atoms with Crippen molar-refractivity contribution in [2.45, 2.75) is 25.9 Å². The van der Waals surface area contributed by atoms with Crippen LogP contribution in [0, 0.1) is 17.2 Å².